The van der Waals surface area contributed by atoms with E-state index in [4.69, 9.17) is 0 Å². The van der Waals surface area contributed by atoms with E-state index in [-0.39, 0.29) is 6.04 Å². The zero-order valence-corrected chi connectivity index (χ0v) is 15.0. The van der Waals surface area contributed by atoms with Crippen molar-refractivity contribution < 1.29 is 0 Å². The molecule has 0 aliphatic rings. The zero-order valence-electron chi connectivity index (χ0n) is 11.8. The van der Waals surface area contributed by atoms with Crippen LogP contribution in [0.5, 0.6) is 0 Å². The standard InChI is InChI=1S/C16H15BrN2S2/c1-10(16-7-13(17)8-21-16)18-14-5-3-4-12(6-14)15-9-20-11(2)19-15/h3-10,18H,1-2H3. The molecule has 1 N–H and O–H groups in total. The summed E-state index contributed by atoms with van der Waals surface area (Å²) in [4.78, 5) is 5.87. The molecule has 1 aromatic carbocycles. The summed E-state index contributed by atoms with van der Waals surface area (Å²) in [6.07, 6.45) is 0. The number of aryl methyl sites for hydroxylation is 1. The number of hydrogen-bond acceptors (Lipinski definition) is 4. The number of halogens is 1. The first-order valence-electron chi connectivity index (χ1n) is 6.65. The van der Waals surface area contributed by atoms with Gasteiger partial charge in [0, 0.05) is 31.4 Å². The topological polar surface area (TPSA) is 24.9 Å². The number of thiazole rings is 1. The highest BCUT2D eigenvalue weighted by Gasteiger charge is 2.09. The Bertz CT molecular complexity index is 748. The van der Waals surface area contributed by atoms with E-state index in [0.717, 1.165) is 26.4 Å². The molecule has 2 aromatic heterocycles. The molecule has 108 valence electrons. The van der Waals surface area contributed by atoms with Gasteiger partial charge in [-0.25, -0.2) is 4.98 Å². The van der Waals surface area contributed by atoms with E-state index in [9.17, 15) is 0 Å². The summed E-state index contributed by atoms with van der Waals surface area (Å²) >= 11 is 6.95. The molecule has 21 heavy (non-hydrogen) atoms. The molecule has 2 heterocycles. The van der Waals surface area contributed by atoms with Gasteiger partial charge in [0.1, 0.15) is 0 Å². The van der Waals surface area contributed by atoms with Crippen LogP contribution >= 0.6 is 38.6 Å². The number of hydrogen-bond donors (Lipinski definition) is 1. The van der Waals surface area contributed by atoms with Gasteiger partial charge in [0.05, 0.1) is 16.7 Å². The van der Waals surface area contributed by atoms with Gasteiger partial charge in [-0.2, -0.15) is 0 Å². The van der Waals surface area contributed by atoms with Crippen LogP contribution in [0.1, 0.15) is 22.9 Å². The highest BCUT2D eigenvalue weighted by molar-refractivity contribution is 9.10. The van der Waals surface area contributed by atoms with Crippen LogP contribution in [0.2, 0.25) is 0 Å². The molecule has 1 atom stereocenters. The smallest absolute Gasteiger partial charge is 0.0901 e. The minimum Gasteiger partial charge on any atom is -0.378 e. The highest BCUT2D eigenvalue weighted by Crippen LogP contribution is 2.29. The van der Waals surface area contributed by atoms with E-state index < -0.39 is 0 Å². The van der Waals surface area contributed by atoms with Gasteiger partial charge in [0.2, 0.25) is 0 Å². The van der Waals surface area contributed by atoms with Gasteiger partial charge in [-0.1, -0.05) is 12.1 Å². The lowest BCUT2D eigenvalue weighted by molar-refractivity contribution is 0.908. The van der Waals surface area contributed by atoms with Gasteiger partial charge in [-0.15, -0.1) is 22.7 Å². The molecule has 3 rings (SSSR count). The Hall–Kier alpha value is -1.17. The number of anilines is 1. The number of nitrogens with one attached hydrogen (secondary N) is 1. The predicted molar refractivity (Wildman–Crippen MR) is 96.3 cm³/mol. The molecule has 0 saturated carbocycles. The average molecular weight is 379 g/mol. The fourth-order valence-electron chi connectivity index (χ4n) is 2.14. The lowest BCUT2D eigenvalue weighted by atomic mass is 10.1. The Kier molecular flexibility index (Phi) is 4.42. The second-order valence-electron chi connectivity index (χ2n) is 4.87. The molecule has 0 radical (unpaired) electrons. The molecular weight excluding hydrogens is 364 g/mol. The summed E-state index contributed by atoms with van der Waals surface area (Å²) in [5, 5.41) is 8.87. The van der Waals surface area contributed by atoms with Crippen molar-refractivity contribution in [3.8, 4) is 11.3 Å². The number of thiophene rings is 1. The van der Waals surface area contributed by atoms with E-state index in [2.05, 4.69) is 74.2 Å². The minimum atomic E-state index is 0.286. The SMILES string of the molecule is Cc1nc(-c2cccc(NC(C)c3cc(Br)cs3)c2)cs1. The zero-order chi connectivity index (χ0) is 14.8. The number of benzene rings is 1. The number of nitrogens with zero attached hydrogens (tertiary/aromatic N) is 1. The maximum absolute atomic E-state index is 4.55. The first-order chi connectivity index (χ1) is 10.1. The van der Waals surface area contributed by atoms with Crippen molar-refractivity contribution in [3.63, 3.8) is 0 Å². The Morgan fingerprint density at radius 2 is 2.05 bits per heavy atom. The molecular formula is C16H15BrN2S2. The summed E-state index contributed by atoms with van der Waals surface area (Å²) in [5.41, 5.74) is 3.33. The van der Waals surface area contributed by atoms with Gasteiger partial charge < -0.3 is 5.32 Å². The molecule has 0 aliphatic carbocycles. The second kappa shape index (κ2) is 6.30. The fraction of sp³-hybridized carbons (Fsp3) is 0.188. The van der Waals surface area contributed by atoms with Gasteiger partial charge in [-0.05, 0) is 48.0 Å². The molecule has 1 unspecified atom stereocenters. The minimum absolute atomic E-state index is 0.286. The average Bonchev–Trinajstić information content (AvgIpc) is 3.08. The van der Waals surface area contributed by atoms with Crippen LogP contribution < -0.4 is 5.32 Å². The maximum Gasteiger partial charge on any atom is 0.0901 e. The summed E-state index contributed by atoms with van der Waals surface area (Å²) in [6, 6.07) is 10.9. The van der Waals surface area contributed by atoms with Crippen LogP contribution in [0.4, 0.5) is 5.69 Å². The Labute approximate surface area is 141 Å². The van der Waals surface area contributed by atoms with Crippen molar-refractivity contribution in [1.29, 1.82) is 0 Å². The van der Waals surface area contributed by atoms with E-state index in [0.29, 0.717) is 0 Å². The second-order valence-corrected chi connectivity index (χ2v) is 7.79. The van der Waals surface area contributed by atoms with Crippen molar-refractivity contribution >= 4 is 44.3 Å². The van der Waals surface area contributed by atoms with Crippen molar-refractivity contribution in [2.75, 3.05) is 5.32 Å². The monoisotopic (exact) mass is 378 g/mol. The van der Waals surface area contributed by atoms with Crippen LogP contribution in [0.15, 0.2) is 45.6 Å². The van der Waals surface area contributed by atoms with Crippen LogP contribution in [0, 0.1) is 6.92 Å². The van der Waals surface area contributed by atoms with Gasteiger partial charge in [0.25, 0.3) is 0 Å². The highest BCUT2D eigenvalue weighted by atomic mass is 79.9. The van der Waals surface area contributed by atoms with E-state index >= 15 is 0 Å². The van der Waals surface area contributed by atoms with Crippen LogP contribution in [-0.2, 0) is 0 Å². The lowest BCUT2D eigenvalue weighted by Gasteiger charge is -2.14. The molecule has 0 spiro atoms. The summed E-state index contributed by atoms with van der Waals surface area (Å²) in [7, 11) is 0. The quantitative estimate of drug-likeness (QED) is 0.591. The van der Waals surface area contributed by atoms with Crippen LogP contribution in [0.3, 0.4) is 0 Å². The predicted octanol–water partition coefficient (Wildman–Crippen LogP) is 6.12. The third-order valence-corrected chi connectivity index (χ3v) is 5.82. The van der Waals surface area contributed by atoms with Crippen molar-refractivity contribution in [2.24, 2.45) is 0 Å². The summed E-state index contributed by atoms with van der Waals surface area (Å²) < 4.78 is 1.14. The molecule has 0 saturated heterocycles. The molecule has 0 bridgehead atoms. The van der Waals surface area contributed by atoms with Gasteiger partial charge >= 0.3 is 0 Å². The molecule has 5 heteroatoms. The normalized spacial score (nSPS) is 12.3. The van der Waals surface area contributed by atoms with Crippen LogP contribution in [-0.4, -0.2) is 4.98 Å². The first-order valence-corrected chi connectivity index (χ1v) is 9.20. The number of rotatable bonds is 4. The third-order valence-electron chi connectivity index (χ3n) is 3.18. The molecule has 2 nitrogen and oxygen atoms in total. The Balaban J connectivity index is 1.80. The largest absolute Gasteiger partial charge is 0.378 e. The maximum atomic E-state index is 4.55. The lowest BCUT2D eigenvalue weighted by Crippen LogP contribution is -2.04. The first kappa shape index (κ1) is 14.8. The molecule has 0 fully saturated rings. The Morgan fingerprint density at radius 3 is 2.71 bits per heavy atom. The Morgan fingerprint density at radius 1 is 1.19 bits per heavy atom. The van der Waals surface area contributed by atoms with Crippen LogP contribution in [0.25, 0.3) is 11.3 Å². The van der Waals surface area contributed by atoms with Crippen molar-refractivity contribution in [3.05, 3.63) is 55.4 Å². The third kappa shape index (κ3) is 3.54. The fourth-order valence-corrected chi connectivity index (χ4v) is 4.22. The summed E-state index contributed by atoms with van der Waals surface area (Å²) in [6.45, 7) is 4.21. The summed E-state index contributed by atoms with van der Waals surface area (Å²) in [5.74, 6) is 0. The molecule has 3 aromatic rings. The molecule has 0 aliphatic heterocycles. The van der Waals surface area contributed by atoms with E-state index in [1.807, 2.05) is 6.92 Å². The van der Waals surface area contributed by atoms with Gasteiger partial charge in [-0.3, -0.25) is 0 Å². The number of aromatic nitrogens is 1. The van der Waals surface area contributed by atoms with E-state index in [1.165, 1.54) is 4.88 Å². The van der Waals surface area contributed by atoms with Crippen molar-refractivity contribution in [1.82, 2.24) is 4.98 Å². The molecule has 0 amide bonds. The van der Waals surface area contributed by atoms with Gasteiger partial charge in [0.15, 0.2) is 0 Å². The van der Waals surface area contributed by atoms with Crippen molar-refractivity contribution in [2.45, 2.75) is 19.9 Å². The van der Waals surface area contributed by atoms with E-state index in [1.54, 1.807) is 22.7 Å².